The zero-order valence-electron chi connectivity index (χ0n) is 17.6. The molecule has 0 heterocycles. The quantitative estimate of drug-likeness (QED) is 0.482. The summed E-state index contributed by atoms with van der Waals surface area (Å²) in [5, 5.41) is 6.00. The molecule has 0 fully saturated rings. The number of carbonyl (C=O) groups is 1. The van der Waals surface area contributed by atoms with E-state index in [1.165, 1.54) is 0 Å². The van der Waals surface area contributed by atoms with Gasteiger partial charge in [-0.25, -0.2) is 0 Å². The highest BCUT2D eigenvalue weighted by atomic mass is 16.5. The van der Waals surface area contributed by atoms with Crippen LogP contribution in [0.15, 0.2) is 48.5 Å². The summed E-state index contributed by atoms with van der Waals surface area (Å²) < 4.78 is 16.7. The van der Waals surface area contributed by atoms with Gasteiger partial charge in [-0.05, 0) is 55.7 Å². The van der Waals surface area contributed by atoms with Crippen molar-refractivity contribution in [2.75, 3.05) is 43.6 Å². The van der Waals surface area contributed by atoms with Gasteiger partial charge in [0.1, 0.15) is 18.1 Å². The van der Waals surface area contributed by atoms with Crippen molar-refractivity contribution in [2.45, 2.75) is 27.2 Å². The number of para-hydroxylation sites is 2. The Kier molecular flexibility index (Phi) is 9.86. The Morgan fingerprint density at radius 3 is 2.45 bits per heavy atom. The van der Waals surface area contributed by atoms with Crippen LogP contribution in [0.25, 0.3) is 0 Å². The molecule has 0 aromatic heterocycles. The first-order valence-corrected chi connectivity index (χ1v) is 10.1. The Bertz CT molecular complexity index is 732. The molecule has 2 aromatic carbocycles. The first kappa shape index (κ1) is 22.6. The lowest BCUT2D eigenvalue weighted by molar-refractivity contribution is -0.114. The van der Waals surface area contributed by atoms with Crippen LogP contribution >= 0.6 is 0 Å². The van der Waals surface area contributed by atoms with Gasteiger partial charge in [0, 0.05) is 12.3 Å². The van der Waals surface area contributed by atoms with Crippen molar-refractivity contribution in [1.82, 2.24) is 0 Å². The Hall–Kier alpha value is -2.73. The van der Waals surface area contributed by atoms with Crippen LogP contribution in [0.4, 0.5) is 11.4 Å². The Balaban J connectivity index is 1.78. The maximum Gasteiger partial charge on any atom is 0.243 e. The van der Waals surface area contributed by atoms with Crippen LogP contribution in [-0.4, -0.2) is 38.9 Å². The molecule has 2 N–H and O–H groups in total. The second kappa shape index (κ2) is 12.7. The lowest BCUT2D eigenvalue weighted by atomic mass is 10.1. The number of benzene rings is 2. The largest absolute Gasteiger partial charge is 0.494 e. The molecule has 0 saturated heterocycles. The molecule has 0 radical (unpaired) electrons. The van der Waals surface area contributed by atoms with Gasteiger partial charge in [0.25, 0.3) is 0 Å². The minimum atomic E-state index is -0.136. The topological polar surface area (TPSA) is 68.8 Å². The smallest absolute Gasteiger partial charge is 0.243 e. The second-order valence-electron chi connectivity index (χ2n) is 7.00. The number of carbonyl (C=O) groups excluding carboxylic acids is 1. The van der Waals surface area contributed by atoms with Gasteiger partial charge in [0.05, 0.1) is 25.4 Å². The van der Waals surface area contributed by atoms with E-state index >= 15 is 0 Å². The summed E-state index contributed by atoms with van der Waals surface area (Å²) >= 11 is 0. The van der Waals surface area contributed by atoms with E-state index in [1.54, 1.807) is 0 Å². The molecule has 0 aliphatic rings. The molecule has 0 unspecified atom stereocenters. The van der Waals surface area contributed by atoms with Gasteiger partial charge in [0.2, 0.25) is 5.91 Å². The minimum Gasteiger partial charge on any atom is -0.494 e. The zero-order chi connectivity index (χ0) is 20.9. The number of amides is 1. The molecule has 2 rings (SSSR count). The van der Waals surface area contributed by atoms with Crippen LogP contribution in [-0.2, 0) is 9.53 Å². The van der Waals surface area contributed by atoms with E-state index in [1.807, 2.05) is 55.5 Å². The summed E-state index contributed by atoms with van der Waals surface area (Å²) in [6.45, 7) is 8.77. The third-order valence-corrected chi connectivity index (χ3v) is 4.12. The summed E-state index contributed by atoms with van der Waals surface area (Å²) in [5.74, 6) is 1.98. The highest BCUT2D eigenvalue weighted by molar-refractivity contribution is 5.94. The van der Waals surface area contributed by atoms with Crippen molar-refractivity contribution in [2.24, 2.45) is 5.92 Å². The predicted octanol–water partition coefficient (Wildman–Crippen LogP) is 4.58. The highest BCUT2D eigenvalue weighted by Crippen LogP contribution is 2.23. The molecule has 6 heteroatoms. The van der Waals surface area contributed by atoms with Crippen LogP contribution in [0, 0.1) is 5.92 Å². The fraction of sp³-hybridized carbons (Fsp3) is 0.435. The van der Waals surface area contributed by atoms with Gasteiger partial charge < -0.3 is 24.8 Å². The SMILES string of the molecule is CCOCCOc1ccccc1NCC(=O)Nc1ccc(OCCC(C)C)cc1. The number of hydrogen-bond acceptors (Lipinski definition) is 5. The molecule has 0 aliphatic carbocycles. The average molecular weight is 401 g/mol. The number of ether oxygens (including phenoxy) is 3. The predicted molar refractivity (Wildman–Crippen MR) is 117 cm³/mol. The molecule has 6 nitrogen and oxygen atoms in total. The summed E-state index contributed by atoms with van der Waals surface area (Å²) in [7, 11) is 0. The summed E-state index contributed by atoms with van der Waals surface area (Å²) in [4.78, 5) is 12.3. The van der Waals surface area contributed by atoms with E-state index in [-0.39, 0.29) is 12.5 Å². The molecule has 1 amide bonds. The standard InChI is InChI=1S/C23H32N2O4/c1-4-27-15-16-29-22-8-6-5-7-21(22)24-17-23(26)25-19-9-11-20(12-10-19)28-14-13-18(2)3/h5-12,18,24H,4,13-17H2,1-3H3,(H,25,26). The molecular formula is C23H32N2O4. The maximum atomic E-state index is 12.3. The van der Waals surface area contributed by atoms with Crippen molar-refractivity contribution >= 4 is 17.3 Å². The molecule has 0 saturated carbocycles. The third kappa shape index (κ3) is 8.87. The van der Waals surface area contributed by atoms with E-state index in [0.29, 0.717) is 38.1 Å². The monoisotopic (exact) mass is 400 g/mol. The fourth-order valence-corrected chi connectivity index (χ4v) is 2.52. The summed E-state index contributed by atoms with van der Waals surface area (Å²) in [6.07, 6.45) is 1.01. The van der Waals surface area contributed by atoms with Crippen LogP contribution in [0.1, 0.15) is 27.2 Å². The Labute approximate surface area is 173 Å². The highest BCUT2D eigenvalue weighted by Gasteiger charge is 2.07. The van der Waals surface area contributed by atoms with Gasteiger partial charge in [-0.2, -0.15) is 0 Å². The van der Waals surface area contributed by atoms with Gasteiger partial charge in [-0.3, -0.25) is 4.79 Å². The molecule has 2 aromatic rings. The third-order valence-electron chi connectivity index (χ3n) is 4.12. The van der Waals surface area contributed by atoms with Crippen molar-refractivity contribution in [3.05, 3.63) is 48.5 Å². The van der Waals surface area contributed by atoms with E-state index in [2.05, 4.69) is 24.5 Å². The first-order valence-electron chi connectivity index (χ1n) is 10.1. The number of rotatable bonds is 13. The van der Waals surface area contributed by atoms with Crippen LogP contribution < -0.4 is 20.1 Å². The lowest BCUT2D eigenvalue weighted by Gasteiger charge is -2.13. The van der Waals surface area contributed by atoms with Crippen LogP contribution in [0.5, 0.6) is 11.5 Å². The zero-order valence-corrected chi connectivity index (χ0v) is 17.6. The van der Waals surface area contributed by atoms with Crippen molar-refractivity contribution in [3.63, 3.8) is 0 Å². The maximum absolute atomic E-state index is 12.3. The normalized spacial score (nSPS) is 10.6. The van der Waals surface area contributed by atoms with E-state index in [0.717, 1.165) is 23.5 Å². The van der Waals surface area contributed by atoms with Crippen LogP contribution in [0.2, 0.25) is 0 Å². The van der Waals surface area contributed by atoms with Gasteiger partial charge in [-0.1, -0.05) is 26.0 Å². The fourth-order valence-electron chi connectivity index (χ4n) is 2.52. The van der Waals surface area contributed by atoms with E-state index in [4.69, 9.17) is 14.2 Å². The summed E-state index contributed by atoms with van der Waals surface area (Å²) in [6, 6.07) is 15.0. The minimum absolute atomic E-state index is 0.136. The number of anilines is 2. The summed E-state index contributed by atoms with van der Waals surface area (Å²) in [5.41, 5.74) is 1.50. The molecule has 0 bridgehead atoms. The van der Waals surface area contributed by atoms with Gasteiger partial charge >= 0.3 is 0 Å². The van der Waals surface area contributed by atoms with Crippen molar-refractivity contribution in [3.8, 4) is 11.5 Å². The molecule has 29 heavy (non-hydrogen) atoms. The first-order chi connectivity index (χ1) is 14.1. The molecule has 158 valence electrons. The Morgan fingerprint density at radius 2 is 1.72 bits per heavy atom. The Morgan fingerprint density at radius 1 is 0.966 bits per heavy atom. The molecule has 0 atom stereocenters. The van der Waals surface area contributed by atoms with Crippen molar-refractivity contribution < 1.29 is 19.0 Å². The molecular weight excluding hydrogens is 368 g/mol. The van der Waals surface area contributed by atoms with Crippen molar-refractivity contribution in [1.29, 1.82) is 0 Å². The lowest BCUT2D eigenvalue weighted by Crippen LogP contribution is -2.22. The number of hydrogen-bond donors (Lipinski definition) is 2. The molecule has 0 aliphatic heterocycles. The average Bonchev–Trinajstić information content (AvgIpc) is 2.71. The number of nitrogens with one attached hydrogen (secondary N) is 2. The van der Waals surface area contributed by atoms with E-state index in [9.17, 15) is 4.79 Å². The van der Waals surface area contributed by atoms with Gasteiger partial charge in [-0.15, -0.1) is 0 Å². The second-order valence-corrected chi connectivity index (χ2v) is 7.00. The van der Waals surface area contributed by atoms with Crippen LogP contribution in [0.3, 0.4) is 0 Å². The molecule has 0 spiro atoms. The van der Waals surface area contributed by atoms with E-state index < -0.39 is 0 Å². The van der Waals surface area contributed by atoms with Gasteiger partial charge in [0.15, 0.2) is 0 Å².